The molecule has 0 aliphatic carbocycles. The Balaban J connectivity index is 1.91. The highest BCUT2D eigenvalue weighted by Crippen LogP contribution is 2.24. The fraction of sp³-hybridized carbons (Fsp3) is 0.692. The topological polar surface area (TPSA) is 66.6 Å². The van der Waals surface area contributed by atoms with E-state index in [9.17, 15) is 4.79 Å². The van der Waals surface area contributed by atoms with Gasteiger partial charge < -0.3 is 14.5 Å². The third-order valence-electron chi connectivity index (χ3n) is 3.73. The Morgan fingerprint density at radius 3 is 2.78 bits per heavy atom. The van der Waals surface area contributed by atoms with E-state index in [1.54, 1.807) is 0 Å². The van der Waals surface area contributed by atoms with Crippen molar-refractivity contribution in [2.45, 2.75) is 39.2 Å². The Bertz CT molecular complexity index is 406. The molecular formula is C13H20N2O3. The highest BCUT2D eigenvalue weighted by Gasteiger charge is 2.24. The maximum absolute atomic E-state index is 11.0. The molecule has 5 nitrogen and oxygen atoms in total. The molecule has 0 radical (unpaired) electrons. The highest BCUT2D eigenvalue weighted by molar-refractivity contribution is 5.88. The van der Waals surface area contributed by atoms with Crippen LogP contribution in [0.1, 0.15) is 42.8 Å². The number of hydrogen-bond donors (Lipinski definition) is 1. The van der Waals surface area contributed by atoms with E-state index in [0.29, 0.717) is 24.1 Å². The van der Waals surface area contributed by atoms with Crippen LogP contribution >= 0.6 is 0 Å². The Hall–Kier alpha value is -1.36. The van der Waals surface area contributed by atoms with Gasteiger partial charge in [-0.2, -0.15) is 0 Å². The van der Waals surface area contributed by atoms with Crippen molar-refractivity contribution in [3.63, 3.8) is 0 Å². The average Bonchev–Trinajstić information content (AvgIpc) is 2.78. The Morgan fingerprint density at radius 1 is 1.56 bits per heavy atom. The van der Waals surface area contributed by atoms with Crippen molar-refractivity contribution in [2.24, 2.45) is 5.92 Å². The van der Waals surface area contributed by atoms with E-state index in [-0.39, 0.29) is 5.56 Å². The van der Waals surface area contributed by atoms with Gasteiger partial charge in [0, 0.05) is 12.5 Å². The van der Waals surface area contributed by atoms with Crippen molar-refractivity contribution in [1.82, 2.24) is 10.1 Å². The number of carboxylic acids is 1. The zero-order chi connectivity index (χ0) is 13.1. The minimum absolute atomic E-state index is 0.210. The number of carboxylic acid groups (broad SMARTS) is 1. The first-order valence-corrected chi connectivity index (χ1v) is 6.48. The van der Waals surface area contributed by atoms with Crippen molar-refractivity contribution >= 4 is 5.97 Å². The first kappa shape index (κ1) is 13.1. The summed E-state index contributed by atoms with van der Waals surface area (Å²) in [6.45, 7) is 6.58. The molecule has 1 saturated heterocycles. The highest BCUT2D eigenvalue weighted by atomic mass is 16.5. The second-order valence-electron chi connectivity index (χ2n) is 5.25. The minimum atomic E-state index is -0.953. The summed E-state index contributed by atoms with van der Waals surface area (Å²) < 4.78 is 5.06. The molecule has 2 heterocycles. The molecule has 5 heteroatoms. The number of hydrogen-bond acceptors (Lipinski definition) is 4. The smallest absolute Gasteiger partial charge is 0.340 e. The largest absolute Gasteiger partial charge is 0.478 e. The molecule has 0 saturated carbocycles. The third-order valence-corrected chi connectivity index (χ3v) is 3.73. The van der Waals surface area contributed by atoms with Gasteiger partial charge in [-0.15, -0.1) is 0 Å². The molecule has 1 aromatic rings. The first-order chi connectivity index (χ1) is 8.58. The van der Waals surface area contributed by atoms with Crippen molar-refractivity contribution < 1.29 is 14.4 Å². The lowest BCUT2D eigenvalue weighted by atomic mass is 9.91. The van der Waals surface area contributed by atoms with Crippen LogP contribution < -0.4 is 0 Å². The van der Waals surface area contributed by atoms with Gasteiger partial charge in [-0.1, -0.05) is 5.16 Å². The summed E-state index contributed by atoms with van der Waals surface area (Å²) in [4.78, 5) is 13.4. The van der Waals surface area contributed by atoms with Crippen LogP contribution in [0, 0.1) is 5.92 Å². The summed E-state index contributed by atoms with van der Waals surface area (Å²) >= 11 is 0. The van der Waals surface area contributed by atoms with Crippen molar-refractivity contribution in [1.29, 1.82) is 0 Å². The van der Waals surface area contributed by atoms with Crippen LogP contribution in [-0.2, 0) is 6.42 Å². The summed E-state index contributed by atoms with van der Waals surface area (Å²) in [5, 5.41) is 12.6. The van der Waals surface area contributed by atoms with Gasteiger partial charge in [-0.05, 0) is 45.7 Å². The lowest BCUT2D eigenvalue weighted by molar-refractivity contribution is 0.0693. The fourth-order valence-electron chi connectivity index (χ4n) is 2.52. The van der Waals surface area contributed by atoms with Gasteiger partial charge in [-0.3, -0.25) is 0 Å². The molecule has 1 N–H and O–H groups in total. The Labute approximate surface area is 107 Å². The summed E-state index contributed by atoms with van der Waals surface area (Å²) in [6, 6.07) is 0.589. The molecule has 0 bridgehead atoms. The van der Waals surface area contributed by atoms with E-state index in [1.807, 2.05) is 0 Å². The number of rotatable bonds is 4. The maximum Gasteiger partial charge on any atom is 0.340 e. The third kappa shape index (κ3) is 2.90. The molecular weight excluding hydrogens is 232 g/mol. The summed E-state index contributed by atoms with van der Waals surface area (Å²) in [6.07, 6.45) is 4.17. The standard InChI is InChI=1S/C13H20N2O3/c1-9(2)15-5-3-10(4-6-15)7-12-11(13(16)17)8-14-18-12/h8-10H,3-7H2,1-2H3,(H,16,17). The quantitative estimate of drug-likeness (QED) is 0.888. The molecule has 0 spiro atoms. The molecule has 1 aliphatic rings. The first-order valence-electron chi connectivity index (χ1n) is 6.48. The van der Waals surface area contributed by atoms with Gasteiger partial charge in [0.1, 0.15) is 5.56 Å². The van der Waals surface area contributed by atoms with Crippen molar-refractivity contribution in [3.8, 4) is 0 Å². The number of aromatic nitrogens is 1. The second-order valence-corrected chi connectivity index (χ2v) is 5.25. The van der Waals surface area contributed by atoms with E-state index < -0.39 is 5.97 Å². The van der Waals surface area contributed by atoms with E-state index in [4.69, 9.17) is 9.63 Å². The molecule has 2 rings (SSSR count). The number of nitrogens with zero attached hydrogens (tertiary/aromatic N) is 2. The summed E-state index contributed by atoms with van der Waals surface area (Å²) in [7, 11) is 0. The van der Waals surface area contributed by atoms with Gasteiger partial charge in [0.15, 0.2) is 5.76 Å². The monoisotopic (exact) mass is 252 g/mol. The number of aromatic carboxylic acids is 1. The number of piperidine rings is 1. The predicted molar refractivity (Wildman–Crippen MR) is 66.6 cm³/mol. The molecule has 100 valence electrons. The summed E-state index contributed by atoms with van der Waals surface area (Å²) in [5.41, 5.74) is 0.210. The van der Waals surface area contributed by atoms with Gasteiger partial charge in [0.2, 0.25) is 0 Å². The summed E-state index contributed by atoms with van der Waals surface area (Å²) in [5.74, 6) is 0.0717. The SMILES string of the molecule is CC(C)N1CCC(Cc2oncc2C(=O)O)CC1. The van der Waals surface area contributed by atoms with E-state index in [1.165, 1.54) is 6.20 Å². The van der Waals surface area contributed by atoms with E-state index in [2.05, 4.69) is 23.9 Å². The molecule has 0 atom stereocenters. The van der Waals surface area contributed by atoms with Crippen LogP contribution in [0.25, 0.3) is 0 Å². The zero-order valence-electron chi connectivity index (χ0n) is 10.9. The van der Waals surface area contributed by atoms with E-state index in [0.717, 1.165) is 25.9 Å². The molecule has 1 aromatic heterocycles. The molecule has 0 unspecified atom stereocenters. The molecule has 18 heavy (non-hydrogen) atoms. The van der Waals surface area contributed by atoms with E-state index >= 15 is 0 Å². The van der Waals surface area contributed by atoms with Crippen LogP contribution in [0.4, 0.5) is 0 Å². The Kier molecular flexibility index (Phi) is 4.01. The number of likely N-dealkylation sites (tertiary alicyclic amines) is 1. The lowest BCUT2D eigenvalue weighted by Gasteiger charge is -2.34. The zero-order valence-corrected chi connectivity index (χ0v) is 10.9. The van der Waals surface area contributed by atoms with Crippen molar-refractivity contribution in [3.05, 3.63) is 17.5 Å². The fourth-order valence-corrected chi connectivity index (χ4v) is 2.52. The maximum atomic E-state index is 11.0. The molecule has 0 aromatic carbocycles. The van der Waals surface area contributed by atoms with Crippen LogP contribution in [0.5, 0.6) is 0 Å². The van der Waals surface area contributed by atoms with Crippen LogP contribution in [0.3, 0.4) is 0 Å². The van der Waals surface area contributed by atoms with Gasteiger partial charge in [0.05, 0.1) is 6.20 Å². The van der Waals surface area contributed by atoms with Gasteiger partial charge in [0.25, 0.3) is 0 Å². The van der Waals surface area contributed by atoms with Crippen LogP contribution in [-0.4, -0.2) is 40.3 Å². The van der Waals surface area contributed by atoms with Crippen LogP contribution in [0.15, 0.2) is 10.7 Å². The minimum Gasteiger partial charge on any atom is -0.478 e. The second kappa shape index (κ2) is 5.52. The lowest BCUT2D eigenvalue weighted by Crippen LogP contribution is -2.38. The normalized spacial score (nSPS) is 18.4. The van der Waals surface area contributed by atoms with Crippen molar-refractivity contribution in [2.75, 3.05) is 13.1 Å². The Morgan fingerprint density at radius 2 is 2.22 bits per heavy atom. The van der Waals surface area contributed by atoms with Gasteiger partial charge >= 0.3 is 5.97 Å². The molecule has 0 amide bonds. The average molecular weight is 252 g/mol. The predicted octanol–water partition coefficient (Wildman–Crippen LogP) is 2.04. The molecule has 1 fully saturated rings. The van der Waals surface area contributed by atoms with Crippen LogP contribution in [0.2, 0.25) is 0 Å². The number of carbonyl (C=O) groups is 1. The molecule has 1 aliphatic heterocycles. The van der Waals surface area contributed by atoms with Gasteiger partial charge in [-0.25, -0.2) is 4.79 Å².